The van der Waals surface area contributed by atoms with Gasteiger partial charge in [0.15, 0.2) is 10.8 Å². The third-order valence-electron chi connectivity index (χ3n) is 3.15. The van der Waals surface area contributed by atoms with E-state index in [2.05, 4.69) is 15.6 Å². The average Bonchev–Trinajstić information content (AvgIpc) is 3.04. The van der Waals surface area contributed by atoms with Gasteiger partial charge in [-0.15, -0.1) is 11.3 Å². The van der Waals surface area contributed by atoms with Crippen molar-refractivity contribution in [3.8, 4) is 0 Å². The lowest BCUT2D eigenvalue weighted by Crippen LogP contribution is -2.18. The summed E-state index contributed by atoms with van der Waals surface area (Å²) < 4.78 is 4.85. The highest BCUT2D eigenvalue weighted by Crippen LogP contribution is 2.18. The zero-order valence-corrected chi connectivity index (χ0v) is 15.0. The number of nitrogens with one attached hydrogen (secondary N) is 2. The molecular weight excluding hydrogens is 342 g/mol. The average molecular weight is 361 g/mol. The van der Waals surface area contributed by atoms with Gasteiger partial charge in [-0.25, -0.2) is 9.78 Å². The first-order chi connectivity index (χ1) is 11.9. The predicted octanol–water partition coefficient (Wildman–Crippen LogP) is 3.17. The van der Waals surface area contributed by atoms with Gasteiger partial charge in [0.2, 0.25) is 5.91 Å². The lowest BCUT2D eigenvalue weighted by molar-refractivity contribution is -0.118. The van der Waals surface area contributed by atoms with E-state index in [0.717, 1.165) is 11.3 Å². The summed E-state index contributed by atoms with van der Waals surface area (Å²) in [7, 11) is 0. The Morgan fingerprint density at radius 2 is 1.84 bits per heavy atom. The fourth-order valence-electron chi connectivity index (χ4n) is 1.79. The van der Waals surface area contributed by atoms with Crippen LogP contribution in [0.1, 0.15) is 41.6 Å². The number of esters is 1. The van der Waals surface area contributed by atoms with Crippen molar-refractivity contribution in [3.63, 3.8) is 0 Å². The Bertz CT molecular complexity index is 768. The Balaban J connectivity index is 1.99. The van der Waals surface area contributed by atoms with Crippen LogP contribution in [-0.2, 0) is 9.53 Å². The number of anilines is 2. The van der Waals surface area contributed by atoms with Crippen LogP contribution in [0.25, 0.3) is 0 Å². The van der Waals surface area contributed by atoms with E-state index >= 15 is 0 Å². The van der Waals surface area contributed by atoms with Crippen LogP contribution >= 0.6 is 11.3 Å². The van der Waals surface area contributed by atoms with E-state index in [1.165, 1.54) is 5.38 Å². The van der Waals surface area contributed by atoms with Gasteiger partial charge in [-0.2, -0.15) is 0 Å². The molecule has 7 nitrogen and oxygen atoms in total. The second-order valence-electron chi connectivity index (χ2n) is 5.43. The van der Waals surface area contributed by atoms with Crippen molar-refractivity contribution in [1.29, 1.82) is 0 Å². The van der Waals surface area contributed by atoms with Gasteiger partial charge >= 0.3 is 5.97 Å². The highest BCUT2D eigenvalue weighted by molar-refractivity contribution is 7.14. The lowest BCUT2D eigenvalue weighted by Gasteiger charge is -2.08. The lowest BCUT2D eigenvalue weighted by atomic mass is 10.1. The summed E-state index contributed by atoms with van der Waals surface area (Å²) in [5.41, 5.74) is 1.19. The van der Waals surface area contributed by atoms with Crippen molar-refractivity contribution in [3.05, 3.63) is 40.9 Å². The number of aromatic nitrogens is 1. The van der Waals surface area contributed by atoms with E-state index in [0.29, 0.717) is 16.4 Å². The first-order valence-corrected chi connectivity index (χ1v) is 8.63. The maximum absolute atomic E-state index is 12.2. The zero-order valence-electron chi connectivity index (χ0n) is 14.2. The molecular formula is C17H19N3O4S. The maximum atomic E-state index is 12.2. The molecule has 0 saturated heterocycles. The maximum Gasteiger partial charge on any atom is 0.357 e. The van der Waals surface area contributed by atoms with E-state index in [-0.39, 0.29) is 30.0 Å². The van der Waals surface area contributed by atoms with Gasteiger partial charge in [0.1, 0.15) is 0 Å². The molecule has 2 amide bonds. The van der Waals surface area contributed by atoms with E-state index in [9.17, 15) is 14.4 Å². The molecule has 1 aromatic heterocycles. The highest BCUT2D eigenvalue weighted by atomic mass is 32.1. The number of rotatable bonds is 6. The van der Waals surface area contributed by atoms with E-state index in [4.69, 9.17) is 4.74 Å². The van der Waals surface area contributed by atoms with Crippen molar-refractivity contribution in [2.45, 2.75) is 20.8 Å². The predicted molar refractivity (Wildman–Crippen MR) is 95.9 cm³/mol. The molecule has 0 spiro atoms. The number of amides is 2. The summed E-state index contributed by atoms with van der Waals surface area (Å²) in [6.45, 7) is 5.57. The number of hydrogen-bond donors (Lipinski definition) is 2. The van der Waals surface area contributed by atoms with Crippen molar-refractivity contribution >= 4 is 39.9 Å². The Morgan fingerprint density at radius 1 is 1.16 bits per heavy atom. The minimum Gasteiger partial charge on any atom is -0.461 e. The zero-order chi connectivity index (χ0) is 18.4. The monoisotopic (exact) mass is 361 g/mol. The number of thiazole rings is 1. The number of benzene rings is 1. The molecule has 2 N–H and O–H groups in total. The van der Waals surface area contributed by atoms with E-state index in [1.807, 2.05) is 0 Å². The minimum atomic E-state index is -0.524. The number of nitrogens with zero attached hydrogens (tertiary/aromatic N) is 1. The molecule has 0 aliphatic heterocycles. The molecule has 0 atom stereocenters. The first-order valence-electron chi connectivity index (χ1n) is 7.75. The Morgan fingerprint density at radius 3 is 2.44 bits per heavy atom. The van der Waals surface area contributed by atoms with E-state index in [1.54, 1.807) is 45.0 Å². The van der Waals surface area contributed by atoms with Crippen LogP contribution < -0.4 is 10.6 Å². The Hall–Kier alpha value is -2.74. The molecule has 1 aromatic carbocycles. The van der Waals surface area contributed by atoms with Crippen molar-refractivity contribution in [2.75, 3.05) is 17.2 Å². The summed E-state index contributed by atoms with van der Waals surface area (Å²) in [5.74, 6) is -1.09. The van der Waals surface area contributed by atoms with E-state index < -0.39 is 5.97 Å². The topological polar surface area (TPSA) is 97.4 Å². The van der Waals surface area contributed by atoms with Crippen molar-refractivity contribution in [2.24, 2.45) is 5.92 Å². The number of carbonyl (C=O) groups is 3. The number of hydrogen-bond acceptors (Lipinski definition) is 6. The van der Waals surface area contributed by atoms with Crippen LogP contribution in [0, 0.1) is 5.92 Å². The summed E-state index contributed by atoms with van der Waals surface area (Å²) >= 11 is 1.14. The molecule has 0 saturated carbocycles. The molecule has 0 bridgehead atoms. The molecule has 2 rings (SSSR count). The minimum absolute atomic E-state index is 0.0912. The molecule has 0 unspecified atom stereocenters. The van der Waals surface area contributed by atoms with Gasteiger partial charge in [-0.3, -0.25) is 14.9 Å². The molecule has 0 aliphatic rings. The smallest absolute Gasteiger partial charge is 0.357 e. The first kappa shape index (κ1) is 18.6. The normalized spacial score (nSPS) is 10.4. The summed E-state index contributed by atoms with van der Waals surface area (Å²) in [6, 6.07) is 6.51. The van der Waals surface area contributed by atoms with Gasteiger partial charge in [-0.1, -0.05) is 13.8 Å². The van der Waals surface area contributed by atoms with Crippen LogP contribution in [0.4, 0.5) is 10.8 Å². The fraction of sp³-hybridized carbons (Fsp3) is 0.294. The van der Waals surface area contributed by atoms with Crippen molar-refractivity contribution < 1.29 is 19.1 Å². The number of carbonyl (C=O) groups excluding carboxylic acids is 3. The number of ether oxygens (including phenoxy) is 1. The van der Waals surface area contributed by atoms with Gasteiger partial charge in [0, 0.05) is 22.5 Å². The van der Waals surface area contributed by atoms with Crippen LogP contribution in [-0.4, -0.2) is 29.4 Å². The second-order valence-corrected chi connectivity index (χ2v) is 6.29. The molecule has 1 heterocycles. The molecule has 25 heavy (non-hydrogen) atoms. The third kappa shape index (κ3) is 5.12. The van der Waals surface area contributed by atoms with Gasteiger partial charge in [-0.05, 0) is 31.2 Å². The largest absolute Gasteiger partial charge is 0.461 e. The van der Waals surface area contributed by atoms with Gasteiger partial charge in [0.05, 0.1) is 6.61 Å². The SMILES string of the molecule is CCOC(=O)c1csc(NC(=O)c2ccc(NC(=O)C(C)C)cc2)n1. The molecule has 0 fully saturated rings. The molecule has 0 radical (unpaired) electrons. The van der Waals surface area contributed by atoms with Crippen LogP contribution in [0.15, 0.2) is 29.6 Å². The third-order valence-corrected chi connectivity index (χ3v) is 3.91. The Labute approximate surface area is 149 Å². The van der Waals surface area contributed by atoms with Crippen LogP contribution in [0.3, 0.4) is 0 Å². The standard InChI is InChI=1S/C17H19N3O4S/c1-4-24-16(23)13-9-25-17(19-13)20-15(22)11-5-7-12(8-6-11)18-14(21)10(2)3/h5-10H,4H2,1-3H3,(H,18,21)(H,19,20,22). The molecule has 8 heteroatoms. The second kappa shape index (κ2) is 8.39. The highest BCUT2D eigenvalue weighted by Gasteiger charge is 2.14. The molecule has 2 aromatic rings. The molecule has 0 aliphatic carbocycles. The summed E-state index contributed by atoms with van der Waals surface area (Å²) in [5, 5.41) is 7.22. The van der Waals surface area contributed by atoms with Gasteiger partial charge in [0.25, 0.3) is 5.91 Å². The summed E-state index contributed by atoms with van der Waals surface area (Å²) in [4.78, 5) is 39.4. The Kier molecular flexibility index (Phi) is 6.24. The molecule has 132 valence electrons. The summed E-state index contributed by atoms with van der Waals surface area (Å²) in [6.07, 6.45) is 0. The van der Waals surface area contributed by atoms with Crippen molar-refractivity contribution in [1.82, 2.24) is 4.98 Å². The van der Waals surface area contributed by atoms with Crippen LogP contribution in [0.2, 0.25) is 0 Å². The fourth-order valence-corrected chi connectivity index (χ4v) is 2.47. The quantitative estimate of drug-likeness (QED) is 0.770. The van der Waals surface area contributed by atoms with Crippen LogP contribution in [0.5, 0.6) is 0 Å². The van der Waals surface area contributed by atoms with Gasteiger partial charge < -0.3 is 10.1 Å².